The van der Waals surface area contributed by atoms with Gasteiger partial charge in [0.2, 0.25) is 0 Å². The van der Waals surface area contributed by atoms with Gasteiger partial charge in [0.15, 0.2) is 5.69 Å². The Kier molecular flexibility index (Phi) is 6.81. The van der Waals surface area contributed by atoms with E-state index in [1.165, 1.54) is 5.56 Å². The van der Waals surface area contributed by atoms with Gasteiger partial charge in [0, 0.05) is 11.6 Å². The summed E-state index contributed by atoms with van der Waals surface area (Å²) >= 11 is 5.88. The Morgan fingerprint density at radius 1 is 1.04 bits per heavy atom. The predicted octanol–water partition coefficient (Wildman–Crippen LogP) is 4.44. The first-order valence-corrected chi connectivity index (χ1v) is 9.38. The molecule has 28 heavy (non-hydrogen) atoms. The SMILES string of the molecule is CCOc1ccccc1NC(=O)c1ccc(NCCc2ccc(Cl)cc2)nn1. The molecule has 0 aliphatic carbocycles. The highest BCUT2D eigenvalue weighted by Crippen LogP contribution is 2.24. The molecule has 3 aromatic rings. The molecule has 6 nitrogen and oxygen atoms in total. The van der Waals surface area contributed by atoms with Crippen LogP contribution in [0.25, 0.3) is 0 Å². The maximum atomic E-state index is 12.4. The molecular weight excluding hydrogens is 376 g/mol. The average molecular weight is 397 g/mol. The number of amides is 1. The lowest BCUT2D eigenvalue weighted by atomic mass is 10.1. The number of aromatic nitrogens is 2. The minimum absolute atomic E-state index is 0.231. The first-order valence-electron chi connectivity index (χ1n) is 9.01. The van der Waals surface area contributed by atoms with E-state index >= 15 is 0 Å². The lowest BCUT2D eigenvalue weighted by Gasteiger charge is -2.11. The van der Waals surface area contributed by atoms with Gasteiger partial charge in [0.25, 0.3) is 5.91 Å². The van der Waals surface area contributed by atoms with Gasteiger partial charge in [-0.25, -0.2) is 0 Å². The van der Waals surface area contributed by atoms with Crippen LogP contribution >= 0.6 is 11.6 Å². The lowest BCUT2D eigenvalue weighted by molar-refractivity contribution is 0.102. The summed E-state index contributed by atoms with van der Waals surface area (Å²) in [6.45, 7) is 3.11. The summed E-state index contributed by atoms with van der Waals surface area (Å²) in [6.07, 6.45) is 0.829. The van der Waals surface area contributed by atoms with Crippen molar-refractivity contribution in [2.45, 2.75) is 13.3 Å². The molecule has 144 valence electrons. The number of nitrogens with one attached hydrogen (secondary N) is 2. The molecule has 2 N–H and O–H groups in total. The van der Waals surface area contributed by atoms with Gasteiger partial charge in [0.1, 0.15) is 11.6 Å². The number of rotatable bonds is 8. The van der Waals surface area contributed by atoms with E-state index in [4.69, 9.17) is 16.3 Å². The molecule has 0 unspecified atom stereocenters. The fourth-order valence-electron chi connectivity index (χ4n) is 2.57. The Morgan fingerprint density at radius 2 is 1.82 bits per heavy atom. The Bertz CT molecular complexity index is 914. The third-order valence-corrected chi connectivity index (χ3v) is 4.22. The summed E-state index contributed by atoms with van der Waals surface area (Å²) in [6, 6.07) is 18.4. The molecule has 0 aliphatic rings. The van der Waals surface area contributed by atoms with Crippen molar-refractivity contribution in [3.63, 3.8) is 0 Å². The van der Waals surface area contributed by atoms with Gasteiger partial charge < -0.3 is 15.4 Å². The average Bonchev–Trinajstić information content (AvgIpc) is 2.71. The molecule has 0 aliphatic heterocycles. The normalized spacial score (nSPS) is 10.4. The maximum absolute atomic E-state index is 12.4. The molecule has 0 saturated heterocycles. The first-order chi connectivity index (χ1) is 13.7. The van der Waals surface area contributed by atoms with Gasteiger partial charge in [-0.3, -0.25) is 4.79 Å². The molecular formula is C21H21ClN4O2. The van der Waals surface area contributed by atoms with Crippen molar-refractivity contribution in [3.05, 3.63) is 76.9 Å². The van der Waals surface area contributed by atoms with E-state index in [0.29, 0.717) is 30.4 Å². The fourth-order valence-corrected chi connectivity index (χ4v) is 2.70. The molecule has 1 aromatic heterocycles. The van der Waals surface area contributed by atoms with Gasteiger partial charge in [-0.15, -0.1) is 10.2 Å². The number of anilines is 2. The minimum Gasteiger partial charge on any atom is -0.492 e. The van der Waals surface area contributed by atoms with Crippen LogP contribution < -0.4 is 15.4 Å². The van der Waals surface area contributed by atoms with Crippen LogP contribution in [0, 0.1) is 0 Å². The Labute approximate surface area is 168 Å². The number of hydrogen-bond donors (Lipinski definition) is 2. The molecule has 0 saturated carbocycles. The number of ether oxygens (including phenoxy) is 1. The number of para-hydroxylation sites is 2. The van der Waals surface area contributed by atoms with Crippen molar-refractivity contribution in [1.82, 2.24) is 10.2 Å². The van der Waals surface area contributed by atoms with Crippen LogP contribution in [0.3, 0.4) is 0 Å². The fraction of sp³-hybridized carbons (Fsp3) is 0.190. The van der Waals surface area contributed by atoms with Crippen LogP contribution in [0.1, 0.15) is 23.0 Å². The highest BCUT2D eigenvalue weighted by Gasteiger charge is 2.11. The van der Waals surface area contributed by atoms with E-state index in [-0.39, 0.29) is 11.6 Å². The van der Waals surface area contributed by atoms with Gasteiger partial charge in [-0.2, -0.15) is 0 Å². The summed E-state index contributed by atoms with van der Waals surface area (Å²) in [4.78, 5) is 12.4. The van der Waals surface area contributed by atoms with Crippen molar-refractivity contribution in [3.8, 4) is 5.75 Å². The second-order valence-electron chi connectivity index (χ2n) is 5.99. The number of nitrogens with zero attached hydrogens (tertiary/aromatic N) is 2. The summed E-state index contributed by atoms with van der Waals surface area (Å²) in [5.74, 6) is 0.888. The minimum atomic E-state index is -0.340. The van der Waals surface area contributed by atoms with Gasteiger partial charge in [-0.05, 0) is 55.3 Å². The van der Waals surface area contributed by atoms with Gasteiger partial charge >= 0.3 is 0 Å². The Balaban J connectivity index is 1.55. The first kappa shape index (κ1) is 19.6. The van der Waals surface area contributed by atoms with Crippen molar-refractivity contribution in [1.29, 1.82) is 0 Å². The topological polar surface area (TPSA) is 76.1 Å². The van der Waals surface area contributed by atoms with Crippen molar-refractivity contribution in [2.24, 2.45) is 0 Å². The van der Waals surface area contributed by atoms with Crippen LogP contribution in [0.4, 0.5) is 11.5 Å². The van der Waals surface area contributed by atoms with Gasteiger partial charge in [-0.1, -0.05) is 35.9 Å². The molecule has 1 heterocycles. The largest absolute Gasteiger partial charge is 0.492 e. The van der Waals surface area contributed by atoms with Crippen LogP contribution in [-0.4, -0.2) is 29.3 Å². The summed E-state index contributed by atoms with van der Waals surface area (Å²) in [7, 11) is 0. The Hall–Kier alpha value is -3.12. The summed E-state index contributed by atoms with van der Waals surface area (Å²) in [5.41, 5.74) is 2.00. The number of benzene rings is 2. The van der Waals surface area contributed by atoms with Crippen molar-refractivity contribution < 1.29 is 9.53 Å². The van der Waals surface area contributed by atoms with E-state index in [9.17, 15) is 4.79 Å². The highest BCUT2D eigenvalue weighted by molar-refractivity contribution is 6.30. The molecule has 0 radical (unpaired) electrons. The quantitative estimate of drug-likeness (QED) is 0.588. The molecule has 0 spiro atoms. The van der Waals surface area contributed by atoms with Crippen molar-refractivity contribution in [2.75, 3.05) is 23.8 Å². The molecule has 2 aromatic carbocycles. The van der Waals surface area contributed by atoms with Crippen LogP contribution in [0.5, 0.6) is 5.75 Å². The zero-order chi connectivity index (χ0) is 19.8. The lowest BCUT2D eigenvalue weighted by Crippen LogP contribution is -2.16. The molecule has 0 bridgehead atoms. The second-order valence-corrected chi connectivity index (χ2v) is 6.43. The zero-order valence-electron chi connectivity index (χ0n) is 15.5. The third-order valence-electron chi connectivity index (χ3n) is 3.97. The number of hydrogen-bond acceptors (Lipinski definition) is 5. The van der Waals surface area contributed by atoms with E-state index in [1.807, 2.05) is 43.3 Å². The standard InChI is InChI=1S/C21H21ClN4O2/c1-2-28-19-6-4-3-5-17(19)24-21(27)18-11-12-20(26-25-18)23-14-13-15-7-9-16(22)10-8-15/h3-12H,2,13-14H2,1H3,(H,23,26)(H,24,27). The van der Waals surface area contributed by atoms with E-state index in [1.54, 1.807) is 24.3 Å². The number of halogens is 1. The predicted molar refractivity (Wildman–Crippen MR) is 111 cm³/mol. The summed E-state index contributed by atoms with van der Waals surface area (Å²) in [5, 5.41) is 14.8. The van der Waals surface area contributed by atoms with E-state index in [2.05, 4.69) is 20.8 Å². The molecule has 7 heteroatoms. The molecule has 0 atom stereocenters. The third kappa shape index (κ3) is 5.44. The zero-order valence-corrected chi connectivity index (χ0v) is 16.2. The second kappa shape index (κ2) is 9.71. The highest BCUT2D eigenvalue weighted by atomic mass is 35.5. The van der Waals surface area contributed by atoms with E-state index in [0.717, 1.165) is 11.4 Å². The van der Waals surface area contributed by atoms with Crippen LogP contribution in [-0.2, 0) is 6.42 Å². The van der Waals surface area contributed by atoms with Gasteiger partial charge in [0.05, 0.1) is 12.3 Å². The monoisotopic (exact) mass is 396 g/mol. The maximum Gasteiger partial charge on any atom is 0.276 e. The Morgan fingerprint density at radius 3 is 2.54 bits per heavy atom. The smallest absolute Gasteiger partial charge is 0.276 e. The summed E-state index contributed by atoms with van der Waals surface area (Å²) < 4.78 is 5.51. The van der Waals surface area contributed by atoms with Crippen LogP contribution in [0.15, 0.2) is 60.7 Å². The molecule has 3 rings (SSSR count). The molecule has 0 fully saturated rings. The molecule has 1 amide bonds. The van der Waals surface area contributed by atoms with Crippen molar-refractivity contribution >= 4 is 29.0 Å². The van der Waals surface area contributed by atoms with E-state index < -0.39 is 0 Å². The number of carbonyl (C=O) groups is 1. The van der Waals surface area contributed by atoms with Crippen LogP contribution in [0.2, 0.25) is 5.02 Å². The number of carbonyl (C=O) groups excluding carboxylic acids is 1.